The van der Waals surface area contributed by atoms with Gasteiger partial charge in [-0.1, -0.05) is 52.5 Å². The molecule has 0 radical (unpaired) electrons. The summed E-state index contributed by atoms with van der Waals surface area (Å²) in [5, 5.41) is 0.664. The van der Waals surface area contributed by atoms with Crippen molar-refractivity contribution in [2.24, 2.45) is 0 Å². The van der Waals surface area contributed by atoms with Gasteiger partial charge in [-0.2, -0.15) is 0 Å². The average molecular weight is 371 g/mol. The molecule has 0 amide bonds. The Morgan fingerprint density at radius 1 is 0.850 bits per heavy atom. The average Bonchev–Trinajstić information content (AvgIpc) is 2.25. The molecule has 2 aromatic carbocycles. The Labute approximate surface area is 136 Å². The molecule has 2 rings (SSSR count). The van der Waals surface area contributed by atoms with Crippen molar-refractivity contribution in [2.45, 2.75) is 4.90 Å². The van der Waals surface area contributed by atoms with Gasteiger partial charge in [-0.15, -0.1) is 0 Å². The third-order valence-corrected chi connectivity index (χ3v) is 5.07. The van der Waals surface area contributed by atoms with Crippen molar-refractivity contribution in [3.63, 3.8) is 0 Å². The van der Waals surface area contributed by atoms with Crippen LogP contribution in [-0.4, -0.2) is 8.42 Å². The fraction of sp³-hybridized carbons (Fsp3) is 0. The molecule has 8 heteroatoms. The van der Waals surface area contributed by atoms with E-state index in [1.807, 2.05) is 0 Å². The molecule has 0 aromatic heterocycles. The Kier molecular flexibility index (Phi) is 4.72. The summed E-state index contributed by atoms with van der Waals surface area (Å²) in [6.07, 6.45) is 0. The van der Waals surface area contributed by atoms with E-state index < -0.39 is 10.0 Å². The van der Waals surface area contributed by atoms with E-state index in [4.69, 9.17) is 46.4 Å². The molecular weight excluding hydrogens is 364 g/mol. The molecule has 0 heterocycles. The molecule has 2 aromatic rings. The summed E-state index contributed by atoms with van der Waals surface area (Å²) in [5.74, 6) is 0. The molecular formula is C12H7Cl4NO2S. The lowest BCUT2D eigenvalue weighted by Crippen LogP contribution is -2.14. The lowest BCUT2D eigenvalue weighted by molar-refractivity contribution is 0.601. The second-order valence-electron chi connectivity index (χ2n) is 3.81. The monoisotopic (exact) mass is 369 g/mol. The van der Waals surface area contributed by atoms with Gasteiger partial charge in [-0.05, 0) is 30.3 Å². The Morgan fingerprint density at radius 2 is 1.35 bits per heavy atom. The normalized spacial score (nSPS) is 11.4. The van der Waals surface area contributed by atoms with Crippen molar-refractivity contribution in [1.82, 2.24) is 0 Å². The van der Waals surface area contributed by atoms with E-state index in [2.05, 4.69) is 4.72 Å². The van der Waals surface area contributed by atoms with Crippen molar-refractivity contribution in [3.05, 3.63) is 56.5 Å². The number of anilines is 1. The van der Waals surface area contributed by atoms with E-state index in [0.29, 0.717) is 10.0 Å². The highest BCUT2D eigenvalue weighted by atomic mass is 35.5. The molecule has 0 unspecified atom stereocenters. The van der Waals surface area contributed by atoms with Gasteiger partial charge in [0.15, 0.2) is 0 Å². The number of hydrogen-bond acceptors (Lipinski definition) is 2. The summed E-state index contributed by atoms with van der Waals surface area (Å²) in [7, 11) is -3.94. The van der Waals surface area contributed by atoms with Gasteiger partial charge in [0.05, 0.1) is 15.7 Å². The largest absolute Gasteiger partial charge is 0.279 e. The van der Waals surface area contributed by atoms with Crippen LogP contribution in [0.2, 0.25) is 20.1 Å². The first-order chi connectivity index (χ1) is 9.29. The fourth-order valence-electron chi connectivity index (χ4n) is 1.56. The molecule has 1 N–H and O–H groups in total. The minimum Gasteiger partial charge on any atom is -0.279 e. The molecule has 106 valence electrons. The van der Waals surface area contributed by atoms with E-state index in [0.717, 1.165) is 0 Å². The van der Waals surface area contributed by atoms with E-state index in [1.54, 1.807) is 6.07 Å². The summed E-state index contributed by atoms with van der Waals surface area (Å²) in [6.45, 7) is 0. The van der Waals surface area contributed by atoms with E-state index in [9.17, 15) is 8.42 Å². The van der Waals surface area contributed by atoms with Gasteiger partial charge >= 0.3 is 0 Å². The Morgan fingerprint density at radius 3 is 1.85 bits per heavy atom. The highest BCUT2D eigenvalue weighted by Gasteiger charge is 2.21. The van der Waals surface area contributed by atoms with Crippen LogP contribution >= 0.6 is 46.4 Å². The van der Waals surface area contributed by atoms with Crippen LogP contribution in [0.3, 0.4) is 0 Å². The minimum absolute atomic E-state index is 0.0260. The maximum absolute atomic E-state index is 12.3. The number of hydrogen-bond donors (Lipinski definition) is 1. The summed E-state index contributed by atoms with van der Waals surface area (Å²) in [5.41, 5.74) is 0.221. The van der Waals surface area contributed by atoms with Crippen LogP contribution in [0.4, 0.5) is 5.69 Å². The highest BCUT2D eigenvalue weighted by molar-refractivity contribution is 7.93. The fourth-order valence-corrected chi connectivity index (χ4v) is 4.27. The predicted molar refractivity (Wildman–Crippen MR) is 83.7 cm³/mol. The second kappa shape index (κ2) is 6.00. The van der Waals surface area contributed by atoms with Gasteiger partial charge in [0.1, 0.15) is 4.90 Å². The van der Waals surface area contributed by atoms with E-state index >= 15 is 0 Å². The maximum Gasteiger partial charge on any atom is 0.264 e. The standard InChI is InChI=1S/C12H7Cl4NO2S/c13-7-4-8(14)6-9(5-7)17-20(18,19)12-10(15)2-1-3-11(12)16/h1-6,17H. The third kappa shape index (κ3) is 3.51. The highest BCUT2D eigenvalue weighted by Crippen LogP contribution is 2.31. The molecule has 0 aliphatic carbocycles. The van der Waals surface area contributed by atoms with Gasteiger partial charge in [-0.25, -0.2) is 8.42 Å². The van der Waals surface area contributed by atoms with Crippen LogP contribution in [0, 0.1) is 0 Å². The summed E-state index contributed by atoms with van der Waals surface area (Å²) < 4.78 is 26.9. The van der Waals surface area contributed by atoms with Crippen LogP contribution in [0.1, 0.15) is 0 Å². The quantitative estimate of drug-likeness (QED) is 0.816. The van der Waals surface area contributed by atoms with Gasteiger partial charge in [0.2, 0.25) is 0 Å². The van der Waals surface area contributed by atoms with Crippen molar-refractivity contribution in [3.8, 4) is 0 Å². The van der Waals surface area contributed by atoms with Gasteiger partial charge in [0, 0.05) is 10.0 Å². The van der Waals surface area contributed by atoms with Crippen molar-refractivity contribution in [1.29, 1.82) is 0 Å². The second-order valence-corrected chi connectivity index (χ2v) is 7.12. The smallest absolute Gasteiger partial charge is 0.264 e. The molecule has 0 saturated carbocycles. The van der Waals surface area contributed by atoms with Crippen LogP contribution in [0.5, 0.6) is 0 Å². The molecule has 0 aliphatic heterocycles. The van der Waals surface area contributed by atoms with Gasteiger partial charge < -0.3 is 0 Å². The molecule has 0 aliphatic rings. The number of nitrogens with one attached hydrogen (secondary N) is 1. The summed E-state index contributed by atoms with van der Waals surface area (Å²) in [6, 6.07) is 8.77. The lowest BCUT2D eigenvalue weighted by Gasteiger charge is -2.11. The van der Waals surface area contributed by atoms with Crippen molar-refractivity contribution >= 4 is 62.1 Å². The van der Waals surface area contributed by atoms with Crippen LogP contribution in [0.15, 0.2) is 41.3 Å². The van der Waals surface area contributed by atoms with Gasteiger partial charge in [-0.3, -0.25) is 4.72 Å². The molecule has 0 fully saturated rings. The van der Waals surface area contributed by atoms with E-state index in [1.165, 1.54) is 30.3 Å². The molecule has 20 heavy (non-hydrogen) atoms. The maximum atomic E-state index is 12.3. The number of sulfonamides is 1. The van der Waals surface area contributed by atoms with Gasteiger partial charge in [0.25, 0.3) is 10.0 Å². The summed E-state index contributed by atoms with van der Waals surface area (Å²) in [4.78, 5) is -0.195. The van der Waals surface area contributed by atoms with Crippen LogP contribution < -0.4 is 4.72 Å². The molecule has 3 nitrogen and oxygen atoms in total. The van der Waals surface area contributed by atoms with Crippen LogP contribution in [0.25, 0.3) is 0 Å². The predicted octanol–water partition coefficient (Wildman–Crippen LogP) is 5.10. The summed E-state index contributed by atoms with van der Waals surface area (Å²) >= 11 is 23.4. The Hall–Kier alpha value is -0.650. The first-order valence-corrected chi connectivity index (χ1v) is 8.22. The molecule has 0 spiro atoms. The zero-order valence-corrected chi connectivity index (χ0v) is 13.5. The van der Waals surface area contributed by atoms with E-state index in [-0.39, 0.29) is 20.6 Å². The third-order valence-electron chi connectivity index (χ3n) is 2.30. The number of rotatable bonds is 3. The van der Waals surface area contributed by atoms with Crippen LogP contribution in [-0.2, 0) is 10.0 Å². The Balaban J connectivity index is 2.46. The topological polar surface area (TPSA) is 46.2 Å². The lowest BCUT2D eigenvalue weighted by atomic mass is 10.3. The molecule has 0 bridgehead atoms. The zero-order valence-electron chi connectivity index (χ0n) is 9.70. The molecule has 0 atom stereocenters. The minimum atomic E-state index is -3.94. The Bertz CT molecular complexity index is 722. The van der Waals surface area contributed by atoms with Crippen molar-refractivity contribution in [2.75, 3.05) is 4.72 Å². The zero-order chi connectivity index (χ0) is 14.9. The first-order valence-electron chi connectivity index (χ1n) is 5.22. The first kappa shape index (κ1) is 15.7. The number of benzene rings is 2. The number of halogens is 4. The molecule has 0 saturated heterocycles. The SMILES string of the molecule is O=S(=O)(Nc1cc(Cl)cc(Cl)c1)c1c(Cl)cccc1Cl. The van der Waals surface area contributed by atoms with Crippen molar-refractivity contribution < 1.29 is 8.42 Å².